The molecule has 0 unspecified atom stereocenters. The van der Waals surface area contributed by atoms with Crippen LogP contribution in [-0.2, 0) is 30.5 Å². The van der Waals surface area contributed by atoms with Crippen LogP contribution in [0.5, 0.6) is 0 Å². The van der Waals surface area contributed by atoms with E-state index in [0.29, 0.717) is 19.3 Å². The van der Waals surface area contributed by atoms with Crippen LogP contribution in [0, 0.1) is 0 Å². The Morgan fingerprint density at radius 1 is 0.732 bits per heavy atom. The highest BCUT2D eigenvalue weighted by molar-refractivity contribution is 5.81. The van der Waals surface area contributed by atoms with Crippen LogP contribution >= 0.6 is 0 Å². The first kappa shape index (κ1) is 27.1. The van der Waals surface area contributed by atoms with Crippen LogP contribution in [0.15, 0.2) is 97.1 Å². The van der Waals surface area contributed by atoms with Gasteiger partial charge in [0.05, 0.1) is 5.69 Å². The summed E-state index contributed by atoms with van der Waals surface area (Å²) in [4.78, 5) is 20.0. The third kappa shape index (κ3) is 7.17. The van der Waals surface area contributed by atoms with Crippen molar-refractivity contribution in [1.82, 2.24) is 19.5 Å². The van der Waals surface area contributed by atoms with Gasteiger partial charge in [-0.25, -0.2) is 9.50 Å². The van der Waals surface area contributed by atoms with Crippen molar-refractivity contribution >= 4 is 11.4 Å². The predicted octanol–water partition coefficient (Wildman–Crippen LogP) is 6.76. The standard InChI is InChI=1S/C36H38N4O/c41-33(26-29-9-2-1-3-10-29)21-20-30-11-6-13-32(25-30)34-14-7-15-36-37-35(38-40(34)36)27-31-18-16-28(17-19-31)12-8-24-39-22-4-5-23-39/h1-3,6-7,9-11,13-19,25H,4-5,8,12,20-24,26-27H2. The fourth-order valence-corrected chi connectivity index (χ4v) is 5.84. The Morgan fingerprint density at radius 3 is 2.32 bits per heavy atom. The number of fused-ring (bicyclic) bond motifs is 1. The molecule has 0 atom stereocenters. The second-order valence-electron chi connectivity index (χ2n) is 11.3. The third-order valence-corrected chi connectivity index (χ3v) is 8.09. The molecule has 5 aromatic rings. The number of Topliss-reactive ketones (excluding diaryl/α,β-unsaturated/α-hetero) is 1. The minimum atomic E-state index is 0.264. The van der Waals surface area contributed by atoms with Crippen LogP contribution in [-0.4, -0.2) is 44.9 Å². The zero-order valence-electron chi connectivity index (χ0n) is 23.7. The maximum absolute atomic E-state index is 12.6. The van der Waals surface area contributed by atoms with Gasteiger partial charge in [-0.2, -0.15) is 5.10 Å². The highest BCUT2D eigenvalue weighted by atomic mass is 16.1. The van der Waals surface area contributed by atoms with Gasteiger partial charge in [-0.05, 0) is 92.2 Å². The molecule has 6 rings (SSSR count). The number of carbonyl (C=O) groups excluding carboxylic acids is 1. The van der Waals surface area contributed by atoms with Gasteiger partial charge in [-0.1, -0.05) is 78.9 Å². The van der Waals surface area contributed by atoms with Gasteiger partial charge in [-0.15, -0.1) is 0 Å². The summed E-state index contributed by atoms with van der Waals surface area (Å²) in [6, 6.07) is 33.5. The van der Waals surface area contributed by atoms with Gasteiger partial charge in [0.25, 0.3) is 0 Å². The number of likely N-dealkylation sites (tertiary alicyclic amines) is 1. The SMILES string of the molecule is O=C(CCc1cccc(-c2cccc3nc(Cc4ccc(CCCN5CCCC5)cc4)nn23)c1)Cc1ccccc1. The number of aromatic nitrogens is 3. The molecule has 5 nitrogen and oxygen atoms in total. The molecule has 1 saturated heterocycles. The average molecular weight is 543 g/mol. The predicted molar refractivity (Wildman–Crippen MR) is 165 cm³/mol. The number of carbonyl (C=O) groups is 1. The number of nitrogens with zero attached hydrogens (tertiary/aromatic N) is 4. The highest BCUT2D eigenvalue weighted by Gasteiger charge is 2.12. The van der Waals surface area contributed by atoms with E-state index >= 15 is 0 Å². The van der Waals surface area contributed by atoms with Crippen LogP contribution in [0.1, 0.15) is 53.8 Å². The van der Waals surface area contributed by atoms with Gasteiger partial charge in [0.15, 0.2) is 11.5 Å². The van der Waals surface area contributed by atoms with Crippen molar-refractivity contribution in [3.8, 4) is 11.3 Å². The first-order valence-corrected chi connectivity index (χ1v) is 15.0. The van der Waals surface area contributed by atoms with E-state index in [1.165, 1.54) is 50.0 Å². The molecule has 0 N–H and O–H groups in total. The molecule has 1 aliphatic heterocycles. The molecule has 0 aliphatic carbocycles. The van der Waals surface area contributed by atoms with Gasteiger partial charge in [0, 0.05) is 24.8 Å². The molecule has 0 amide bonds. The Morgan fingerprint density at radius 2 is 1.49 bits per heavy atom. The first-order valence-electron chi connectivity index (χ1n) is 15.0. The number of pyridine rings is 1. The highest BCUT2D eigenvalue weighted by Crippen LogP contribution is 2.23. The first-order chi connectivity index (χ1) is 20.2. The lowest BCUT2D eigenvalue weighted by atomic mass is 10.0. The van der Waals surface area contributed by atoms with Crippen LogP contribution in [0.2, 0.25) is 0 Å². The lowest BCUT2D eigenvalue weighted by molar-refractivity contribution is -0.118. The van der Waals surface area contributed by atoms with E-state index in [2.05, 4.69) is 59.5 Å². The van der Waals surface area contributed by atoms with Crippen LogP contribution in [0.3, 0.4) is 0 Å². The van der Waals surface area contributed by atoms with Crippen LogP contribution in [0.4, 0.5) is 0 Å². The summed E-state index contributed by atoms with van der Waals surface area (Å²) >= 11 is 0. The molecule has 41 heavy (non-hydrogen) atoms. The van der Waals surface area contributed by atoms with E-state index in [1.807, 2.05) is 47.0 Å². The summed E-state index contributed by atoms with van der Waals surface area (Å²) in [7, 11) is 0. The normalized spacial score (nSPS) is 13.7. The summed E-state index contributed by atoms with van der Waals surface area (Å²) in [5.74, 6) is 1.08. The van der Waals surface area contributed by atoms with Gasteiger partial charge < -0.3 is 4.90 Å². The van der Waals surface area contributed by atoms with Crippen molar-refractivity contribution in [2.45, 2.75) is 51.4 Å². The number of aryl methyl sites for hydroxylation is 2. The molecule has 208 valence electrons. The maximum Gasteiger partial charge on any atom is 0.156 e. The van der Waals surface area contributed by atoms with E-state index in [-0.39, 0.29) is 5.78 Å². The van der Waals surface area contributed by atoms with E-state index in [0.717, 1.165) is 46.7 Å². The second-order valence-corrected chi connectivity index (χ2v) is 11.3. The largest absolute Gasteiger partial charge is 0.303 e. The van der Waals surface area contributed by atoms with Gasteiger partial charge in [0.2, 0.25) is 0 Å². The number of ketones is 1. The average Bonchev–Trinajstić information content (AvgIpc) is 3.67. The number of benzene rings is 3. The lowest BCUT2D eigenvalue weighted by Crippen LogP contribution is -2.20. The Kier molecular flexibility index (Phi) is 8.63. The molecule has 3 aromatic carbocycles. The quantitative estimate of drug-likeness (QED) is 0.175. The van der Waals surface area contributed by atoms with E-state index in [4.69, 9.17) is 10.1 Å². The molecular weight excluding hydrogens is 504 g/mol. The smallest absolute Gasteiger partial charge is 0.156 e. The van der Waals surface area contributed by atoms with E-state index in [9.17, 15) is 4.79 Å². The monoisotopic (exact) mass is 542 g/mol. The summed E-state index contributed by atoms with van der Waals surface area (Å²) in [5, 5.41) is 4.90. The molecule has 0 radical (unpaired) electrons. The number of rotatable bonds is 12. The van der Waals surface area contributed by atoms with Crippen LogP contribution in [0.25, 0.3) is 16.9 Å². The van der Waals surface area contributed by atoms with Crippen molar-refractivity contribution < 1.29 is 4.79 Å². The molecule has 0 bridgehead atoms. The summed E-state index contributed by atoms with van der Waals surface area (Å²) in [6.07, 6.45) is 7.53. The summed E-state index contributed by atoms with van der Waals surface area (Å²) in [5.41, 5.74) is 7.79. The summed E-state index contributed by atoms with van der Waals surface area (Å²) in [6.45, 7) is 3.76. The number of hydrogen-bond acceptors (Lipinski definition) is 4. The summed E-state index contributed by atoms with van der Waals surface area (Å²) < 4.78 is 1.95. The molecular formula is C36H38N4O. The zero-order chi connectivity index (χ0) is 27.9. The molecule has 1 fully saturated rings. The Hall–Kier alpha value is -4.09. The molecule has 5 heteroatoms. The Balaban J connectivity index is 1.09. The Labute approximate surface area is 242 Å². The van der Waals surface area contributed by atoms with Gasteiger partial charge in [-0.3, -0.25) is 4.79 Å². The molecule has 0 spiro atoms. The fourth-order valence-electron chi connectivity index (χ4n) is 5.84. The maximum atomic E-state index is 12.6. The van der Waals surface area contributed by atoms with Crippen molar-refractivity contribution in [3.05, 3.63) is 125 Å². The van der Waals surface area contributed by atoms with Crippen LogP contribution < -0.4 is 0 Å². The molecule has 1 aliphatic rings. The minimum absolute atomic E-state index is 0.264. The molecule has 0 saturated carbocycles. The third-order valence-electron chi connectivity index (χ3n) is 8.09. The van der Waals surface area contributed by atoms with E-state index in [1.54, 1.807) is 0 Å². The van der Waals surface area contributed by atoms with Crippen molar-refractivity contribution in [3.63, 3.8) is 0 Å². The van der Waals surface area contributed by atoms with Gasteiger partial charge in [0.1, 0.15) is 5.78 Å². The minimum Gasteiger partial charge on any atom is -0.303 e. The second kappa shape index (κ2) is 13.0. The number of hydrogen-bond donors (Lipinski definition) is 0. The topological polar surface area (TPSA) is 50.5 Å². The molecule has 2 aromatic heterocycles. The lowest BCUT2D eigenvalue weighted by Gasteiger charge is -2.13. The van der Waals surface area contributed by atoms with Crippen molar-refractivity contribution in [2.75, 3.05) is 19.6 Å². The Bertz CT molecular complexity index is 1580. The zero-order valence-corrected chi connectivity index (χ0v) is 23.7. The fraction of sp³-hybridized carbons (Fsp3) is 0.306. The van der Waals surface area contributed by atoms with Crippen molar-refractivity contribution in [1.29, 1.82) is 0 Å². The van der Waals surface area contributed by atoms with Gasteiger partial charge >= 0.3 is 0 Å². The molecule has 3 heterocycles. The van der Waals surface area contributed by atoms with Crippen molar-refractivity contribution in [2.24, 2.45) is 0 Å². The van der Waals surface area contributed by atoms with E-state index < -0.39 is 0 Å².